The van der Waals surface area contributed by atoms with Gasteiger partial charge in [0.15, 0.2) is 5.78 Å². The Kier molecular flexibility index (Phi) is 8.50. The van der Waals surface area contributed by atoms with Crippen LogP contribution in [0.2, 0.25) is 0 Å². The van der Waals surface area contributed by atoms with Gasteiger partial charge in [-0.3, -0.25) is 19.4 Å². The summed E-state index contributed by atoms with van der Waals surface area (Å²) in [6, 6.07) is 12.7. The number of benzene rings is 1. The maximum Gasteiger partial charge on any atom is 0.242 e. The van der Waals surface area contributed by atoms with Crippen LogP contribution in [0.5, 0.6) is 0 Å². The summed E-state index contributed by atoms with van der Waals surface area (Å²) in [5.41, 5.74) is 1.53. The molecular formula is C25H31N3O4. The molecule has 7 heteroatoms. The van der Waals surface area contributed by atoms with E-state index in [2.05, 4.69) is 18.8 Å². The second kappa shape index (κ2) is 11.5. The lowest BCUT2D eigenvalue weighted by atomic mass is 10.1. The van der Waals surface area contributed by atoms with Crippen molar-refractivity contribution < 1.29 is 19.1 Å². The summed E-state index contributed by atoms with van der Waals surface area (Å²) in [7, 11) is 0. The van der Waals surface area contributed by atoms with Crippen LogP contribution in [0.4, 0.5) is 0 Å². The first-order chi connectivity index (χ1) is 15.4. The Hall–Kier alpha value is -3.06. The molecule has 0 saturated carbocycles. The van der Waals surface area contributed by atoms with E-state index in [1.54, 1.807) is 41.6 Å². The SMILES string of the molecule is CC(C)CN1C[C@H](OCc2cccnc2)CN(C(=O)CCC(=O)c2ccccc2)CC1=O. The predicted octanol–water partition coefficient (Wildman–Crippen LogP) is 2.96. The van der Waals surface area contributed by atoms with Crippen LogP contribution in [0, 0.1) is 5.92 Å². The predicted molar refractivity (Wildman–Crippen MR) is 121 cm³/mol. The number of hydrogen-bond donors (Lipinski definition) is 0. The van der Waals surface area contributed by atoms with Crippen LogP contribution in [0.3, 0.4) is 0 Å². The van der Waals surface area contributed by atoms with Gasteiger partial charge in [-0.05, 0) is 17.5 Å². The van der Waals surface area contributed by atoms with Gasteiger partial charge in [0.2, 0.25) is 11.8 Å². The minimum atomic E-state index is -0.311. The van der Waals surface area contributed by atoms with Gasteiger partial charge in [0.05, 0.1) is 19.3 Å². The van der Waals surface area contributed by atoms with Crippen molar-refractivity contribution in [3.63, 3.8) is 0 Å². The molecule has 170 valence electrons. The molecular weight excluding hydrogens is 406 g/mol. The largest absolute Gasteiger partial charge is 0.370 e. The number of nitrogens with zero attached hydrogens (tertiary/aromatic N) is 3. The fourth-order valence-corrected chi connectivity index (χ4v) is 3.74. The van der Waals surface area contributed by atoms with Gasteiger partial charge in [-0.25, -0.2) is 0 Å². The highest BCUT2D eigenvalue weighted by atomic mass is 16.5. The third-order valence-corrected chi connectivity index (χ3v) is 5.34. The van der Waals surface area contributed by atoms with Crippen LogP contribution in [-0.2, 0) is 20.9 Å². The third kappa shape index (κ3) is 6.99. The highest BCUT2D eigenvalue weighted by molar-refractivity contribution is 5.98. The lowest BCUT2D eigenvalue weighted by Gasteiger charge is -2.26. The van der Waals surface area contributed by atoms with Gasteiger partial charge in [0.25, 0.3) is 0 Å². The smallest absolute Gasteiger partial charge is 0.242 e. The molecule has 1 atom stereocenters. The lowest BCUT2D eigenvalue weighted by Crippen LogP contribution is -2.40. The summed E-state index contributed by atoms with van der Waals surface area (Å²) in [6.07, 6.45) is 3.32. The molecule has 2 amide bonds. The van der Waals surface area contributed by atoms with Gasteiger partial charge in [0.1, 0.15) is 0 Å². The molecule has 2 aromatic rings. The van der Waals surface area contributed by atoms with Crippen LogP contribution >= 0.6 is 0 Å². The van der Waals surface area contributed by atoms with E-state index in [1.807, 2.05) is 18.2 Å². The molecule has 0 N–H and O–H groups in total. The van der Waals surface area contributed by atoms with Crippen molar-refractivity contribution in [3.8, 4) is 0 Å². The van der Waals surface area contributed by atoms with Crippen molar-refractivity contribution in [1.82, 2.24) is 14.8 Å². The Morgan fingerprint density at radius 2 is 1.88 bits per heavy atom. The van der Waals surface area contributed by atoms with E-state index in [0.717, 1.165) is 5.56 Å². The standard InChI is InChI=1S/C25H31N3O4/c1-19(2)14-27-15-22(32-18-20-7-6-12-26-13-20)16-28(17-25(27)31)24(30)11-10-23(29)21-8-4-3-5-9-21/h3-9,12-13,19,22H,10-11,14-18H2,1-2H3/t22-/m0/s1. The van der Waals surface area contributed by atoms with Gasteiger partial charge in [-0.1, -0.05) is 50.2 Å². The molecule has 0 bridgehead atoms. The Morgan fingerprint density at radius 1 is 1.09 bits per heavy atom. The van der Waals surface area contributed by atoms with Crippen molar-refractivity contribution in [2.24, 2.45) is 5.92 Å². The van der Waals surface area contributed by atoms with Crippen LogP contribution in [0.1, 0.15) is 42.6 Å². The van der Waals surface area contributed by atoms with Crippen molar-refractivity contribution in [2.45, 2.75) is 39.4 Å². The molecule has 1 fully saturated rings. The molecule has 0 aliphatic carbocycles. The molecule has 0 spiro atoms. The lowest BCUT2D eigenvalue weighted by molar-refractivity contribution is -0.139. The van der Waals surface area contributed by atoms with Gasteiger partial charge in [-0.15, -0.1) is 0 Å². The first-order valence-electron chi connectivity index (χ1n) is 11.1. The number of Topliss-reactive ketones (excluding diaryl/α,β-unsaturated/α-hetero) is 1. The molecule has 32 heavy (non-hydrogen) atoms. The number of pyridine rings is 1. The minimum Gasteiger partial charge on any atom is -0.370 e. The van der Waals surface area contributed by atoms with E-state index in [1.165, 1.54) is 4.90 Å². The number of hydrogen-bond acceptors (Lipinski definition) is 5. The number of aromatic nitrogens is 1. The fraction of sp³-hybridized carbons (Fsp3) is 0.440. The average Bonchev–Trinajstić information content (AvgIpc) is 2.95. The molecule has 2 heterocycles. The quantitative estimate of drug-likeness (QED) is 0.564. The molecule has 1 aliphatic rings. The summed E-state index contributed by atoms with van der Waals surface area (Å²) < 4.78 is 6.09. The maximum absolute atomic E-state index is 12.9. The van der Waals surface area contributed by atoms with Crippen LogP contribution < -0.4 is 0 Å². The zero-order chi connectivity index (χ0) is 22.9. The zero-order valence-electron chi connectivity index (χ0n) is 18.8. The van der Waals surface area contributed by atoms with Crippen molar-refractivity contribution >= 4 is 17.6 Å². The highest BCUT2D eigenvalue weighted by Crippen LogP contribution is 2.15. The Labute approximate surface area is 189 Å². The Morgan fingerprint density at radius 3 is 2.56 bits per heavy atom. The third-order valence-electron chi connectivity index (χ3n) is 5.34. The average molecular weight is 438 g/mol. The van der Waals surface area contributed by atoms with E-state index >= 15 is 0 Å². The maximum atomic E-state index is 12.9. The molecule has 1 saturated heterocycles. The number of rotatable bonds is 9. The van der Waals surface area contributed by atoms with E-state index in [0.29, 0.717) is 37.7 Å². The molecule has 3 rings (SSSR count). The summed E-state index contributed by atoms with van der Waals surface area (Å²) in [5, 5.41) is 0. The minimum absolute atomic E-state index is 0.0117. The second-order valence-electron chi connectivity index (χ2n) is 8.55. The first kappa shape index (κ1) is 23.6. The number of carbonyl (C=O) groups excluding carboxylic acids is 3. The molecule has 0 radical (unpaired) electrons. The summed E-state index contributed by atoms with van der Waals surface area (Å²) >= 11 is 0. The Balaban J connectivity index is 1.64. The van der Waals surface area contributed by atoms with Gasteiger partial charge >= 0.3 is 0 Å². The molecule has 7 nitrogen and oxygen atoms in total. The normalized spacial score (nSPS) is 16.8. The monoisotopic (exact) mass is 437 g/mol. The molecule has 1 aromatic carbocycles. The molecule has 1 aromatic heterocycles. The van der Waals surface area contributed by atoms with Crippen LogP contribution in [-0.4, -0.2) is 64.7 Å². The Bertz CT molecular complexity index is 902. The van der Waals surface area contributed by atoms with E-state index < -0.39 is 0 Å². The highest BCUT2D eigenvalue weighted by Gasteiger charge is 2.31. The topological polar surface area (TPSA) is 79.8 Å². The van der Waals surface area contributed by atoms with E-state index in [4.69, 9.17) is 4.74 Å². The number of ether oxygens (including phenoxy) is 1. The summed E-state index contributed by atoms with van der Waals surface area (Å²) in [5.74, 6) is -0.0625. The molecule has 0 unspecified atom stereocenters. The summed E-state index contributed by atoms with van der Waals surface area (Å²) in [4.78, 5) is 45.6. The van der Waals surface area contributed by atoms with E-state index in [-0.39, 0.29) is 43.1 Å². The second-order valence-corrected chi connectivity index (χ2v) is 8.55. The van der Waals surface area contributed by atoms with Crippen LogP contribution in [0.15, 0.2) is 54.9 Å². The van der Waals surface area contributed by atoms with Crippen molar-refractivity contribution in [3.05, 3.63) is 66.0 Å². The van der Waals surface area contributed by atoms with Crippen LogP contribution in [0.25, 0.3) is 0 Å². The number of carbonyl (C=O) groups is 3. The van der Waals surface area contributed by atoms with Gasteiger partial charge in [0, 0.05) is 50.4 Å². The zero-order valence-corrected chi connectivity index (χ0v) is 18.8. The van der Waals surface area contributed by atoms with Crippen molar-refractivity contribution in [2.75, 3.05) is 26.2 Å². The number of ketones is 1. The first-order valence-corrected chi connectivity index (χ1v) is 11.1. The van der Waals surface area contributed by atoms with Crippen molar-refractivity contribution in [1.29, 1.82) is 0 Å². The van der Waals surface area contributed by atoms with E-state index in [9.17, 15) is 14.4 Å². The fourth-order valence-electron chi connectivity index (χ4n) is 3.74. The molecule has 1 aliphatic heterocycles. The van der Waals surface area contributed by atoms with Gasteiger partial charge < -0.3 is 14.5 Å². The number of amides is 2. The van der Waals surface area contributed by atoms with Gasteiger partial charge in [-0.2, -0.15) is 0 Å². The summed E-state index contributed by atoms with van der Waals surface area (Å²) in [6.45, 7) is 5.85.